The molecule has 2 aromatic heterocycles. The van der Waals surface area contributed by atoms with Gasteiger partial charge in [-0.2, -0.15) is 0 Å². The van der Waals surface area contributed by atoms with Crippen LogP contribution in [-0.2, 0) is 57.6 Å². The van der Waals surface area contributed by atoms with E-state index >= 15 is 0 Å². The van der Waals surface area contributed by atoms with E-state index < -0.39 is 46.9 Å². The highest BCUT2D eigenvalue weighted by atomic mass is 16.5. The van der Waals surface area contributed by atoms with Gasteiger partial charge in [-0.05, 0) is 91.6 Å². The van der Waals surface area contributed by atoms with Crippen molar-refractivity contribution in [3.8, 4) is 22.4 Å². The number of esters is 1. The third-order valence-electron chi connectivity index (χ3n) is 13.4. The van der Waals surface area contributed by atoms with Crippen molar-refractivity contribution in [2.24, 2.45) is 11.3 Å². The van der Waals surface area contributed by atoms with Gasteiger partial charge in [-0.15, -0.1) is 0 Å². The molecule has 4 aromatic rings. The summed E-state index contributed by atoms with van der Waals surface area (Å²) in [6.07, 6.45) is 4.44. The number of methoxy groups -OCH3 is 1. The normalized spacial score (nSPS) is 21.8. The Morgan fingerprint density at radius 1 is 1.06 bits per heavy atom. The van der Waals surface area contributed by atoms with Crippen LogP contribution in [0.1, 0.15) is 77.3 Å². The van der Waals surface area contributed by atoms with Crippen molar-refractivity contribution in [3.05, 3.63) is 90.3 Å². The van der Waals surface area contributed by atoms with Gasteiger partial charge in [0, 0.05) is 54.7 Å². The molecule has 3 saturated heterocycles. The number of benzene rings is 2. The van der Waals surface area contributed by atoms with Crippen LogP contribution in [0.2, 0.25) is 0 Å². The van der Waals surface area contributed by atoms with Gasteiger partial charge in [-0.3, -0.25) is 34.0 Å². The summed E-state index contributed by atoms with van der Waals surface area (Å²) in [6, 6.07) is 15.7. The van der Waals surface area contributed by atoms with Crippen molar-refractivity contribution in [1.29, 1.82) is 0 Å². The summed E-state index contributed by atoms with van der Waals surface area (Å²) in [5.41, 5.74) is 9.16. The minimum Gasteiger partial charge on any atom is -0.464 e. The molecule has 4 amide bonds. The molecule has 2 aromatic carbocycles. The number of pyridine rings is 1. The van der Waals surface area contributed by atoms with Crippen LogP contribution >= 0.6 is 0 Å². The highest BCUT2D eigenvalue weighted by molar-refractivity contribution is 5.98. The number of carbonyl (C=O) groups is 5. The molecule has 0 aliphatic carbocycles. The average molecular weight is 888 g/mol. The number of fused-ring (bicyclic) bond motifs is 6. The van der Waals surface area contributed by atoms with E-state index in [1.807, 2.05) is 45.0 Å². The third-order valence-corrected chi connectivity index (χ3v) is 13.4. The highest BCUT2D eigenvalue weighted by Gasteiger charge is 2.59. The van der Waals surface area contributed by atoms with E-state index in [0.717, 1.165) is 50.1 Å². The lowest BCUT2D eigenvalue weighted by molar-refractivity contribution is -0.163. The van der Waals surface area contributed by atoms with Crippen LogP contribution in [-0.4, -0.2) is 118 Å². The molecule has 4 aliphatic rings. The Bertz CT molecular complexity index is 2520. The summed E-state index contributed by atoms with van der Waals surface area (Å²) in [5.74, 6) is -2.42. The minimum absolute atomic E-state index is 0.0672. The van der Waals surface area contributed by atoms with Crippen molar-refractivity contribution in [1.82, 2.24) is 35.1 Å². The molecule has 3 fully saturated rings. The van der Waals surface area contributed by atoms with E-state index in [1.165, 1.54) is 20.9 Å². The Labute approximate surface area is 380 Å². The predicted octanol–water partition coefficient (Wildman–Crippen LogP) is 5.35. The fourth-order valence-corrected chi connectivity index (χ4v) is 9.91. The van der Waals surface area contributed by atoms with Gasteiger partial charge in [0.15, 0.2) is 5.60 Å². The Hall–Kier alpha value is -5.90. The summed E-state index contributed by atoms with van der Waals surface area (Å²) >= 11 is 0. The van der Waals surface area contributed by atoms with Gasteiger partial charge in [0.2, 0.25) is 11.8 Å². The molecule has 344 valence electrons. The first-order valence-corrected chi connectivity index (χ1v) is 22.7. The smallest absolute Gasteiger partial charge is 0.324 e. The van der Waals surface area contributed by atoms with Crippen molar-refractivity contribution in [2.75, 3.05) is 40.1 Å². The number of cyclic esters (lactones) is 1. The Morgan fingerprint density at radius 3 is 2.55 bits per heavy atom. The van der Waals surface area contributed by atoms with Crippen molar-refractivity contribution in [3.63, 3.8) is 0 Å². The quantitative estimate of drug-likeness (QED) is 0.165. The zero-order chi connectivity index (χ0) is 46.4. The van der Waals surface area contributed by atoms with E-state index in [9.17, 15) is 24.0 Å². The lowest BCUT2D eigenvalue weighted by Crippen LogP contribution is -2.68. The summed E-state index contributed by atoms with van der Waals surface area (Å²) in [4.78, 5) is 77.0. The van der Waals surface area contributed by atoms with Crippen LogP contribution in [0.4, 0.5) is 0 Å². The van der Waals surface area contributed by atoms with Crippen LogP contribution < -0.4 is 10.7 Å². The molecule has 15 heteroatoms. The number of aromatic nitrogens is 2. The number of nitrogens with zero attached hydrogens (tertiary/aromatic N) is 5. The van der Waals surface area contributed by atoms with Crippen molar-refractivity contribution in [2.45, 2.75) is 104 Å². The van der Waals surface area contributed by atoms with Gasteiger partial charge in [0.25, 0.3) is 11.8 Å². The molecule has 1 spiro atoms. The number of likely N-dealkylation sites (tertiary alicyclic amines) is 1. The monoisotopic (exact) mass is 887 g/mol. The first-order chi connectivity index (χ1) is 31.1. The standard InChI is InChI=1S/C50H61N7O8/c1-9-41(58)54-26-50(27-54)48(62)56(29-65-50)43(30(3)4)45(59)52-39-23-32-14-11-15-33(22-32)34-18-19-40-36(24-34)37(44(55(40)10-2)35-16-12-20-51-42(35)31(5)63-8)25-49(6,7)28-64-47(61)38-17-13-21-57(53-38)46(39)60/h9,11-12,14-16,18-20,22,24,30-31,38-39,43,53H,1,10,13,17,21,23,25-29H2,2-8H3,(H,52,59)/t31-,38-,39-,43?/m0/s1. The lowest BCUT2D eigenvalue weighted by Gasteiger charge is -2.44. The lowest BCUT2D eigenvalue weighted by atomic mass is 9.84. The molecule has 6 heterocycles. The maximum absolute atomic E-state index is 14.7. The van der Waals surface area contributed by atoms with Crippen molar-refractivity contribution < 1.29 is 38.2 Å². The summed E-state index contributed by atoms with van der Waals surface area (Å²) in [5, 5.41) is 5.53. The van der Waals surface area contributed by atoms with E-state index in [-0.39, 0.29) is 56.7 Å². The molecule has 4 atom stereocenters. The van der Waals surface area contributed by atoms with Gasteiger partial charge in [-0.25, -0.2) is 5.43 Å². The number of aryl methyl sites for hydroxylation is 1. The first-order valence-electron chi connectivity index (χ1n) is 22.7. The molecule has 1 unspecified atom stereocenters. The molecule has 0 radical (unpaired) electrons. The second kappa shape index (κ2) is 18.2. The number of hydrogen-bond donors (Lipinski definition) is 2. The molecular formula is C50H61N7O8. The molecule has 65 heavy (non-hydrogen) atoms. The van der Waals surface area contributed by atoms with Crippen LogP contribution in [0.5, 0.6) is 0 Å². The molecule has 0 saturated carbocycles. The predicted molar refractivity (Wildman–Crippen MR) is 245 cm³/mol. The van der Waals surface area contributed by atoms with Crippen LogP contribution in [0, 0.1) is 11.3 Å². The van der Waals surface area contributed by atoms with Gasteiger partial charge in [-0.1, -0.05) is 64.6 Å². The molecule has 15 nitrogen and oxygen atoms in total. The molecule has 6 bridgehead atoms. The van der Waals surface area contributed by atoms with E-state index in [0.29, 0.717) is 32.4 Å². The fourth-order valence-electron chi connectivity index (χ4n) is 9.91. The van der Waals surface area contributed by atoms with Crippen LogP contribution in [0.15, 0.2) is 73.4 Å². The minimum atomic E-state index is -1.23. The average Bonchev–Trinajstić information content (AvgIpc) is 3.79. The number of rotatable bonds is 9. The largest absolute Gasteiger partial charge is 0.464 e. The van der Waals surface area contributed by atoms with Gasteiger partial charge < -0.3 is 33.9 Å². The Morgan fingerprint density at radius 2 is 1.83 bits per heavy atom. The maximum Gasteiger partial charge on any atom is 0.324 e. The SMILES string of the molecule is C=CC(=O)N1CC2(C1)OCN(C(C(=O)N[C@H]1Cc3cccc(c3)-c3ccc4c(c3)c(c(-c3cccnc3[C@H](C)OC)n4CC)CC(C)(C)COC(=O)[C@@H]3CCCN(N3)C1=O)C(C)C)C2=O. The summed E-state index contributed by atoms with van der Waals surface area (Å²) in [6.45, 7) is 16.7. The molecule has 2 N–H and O–H groups in total. The zero-order valence-corrected chi connectivity index (χ0v) is 38.5. The molecular weight excluding hydrogens is 827 g/mol. The van der Waals surface area contributed by atoms with Crippen molar-refractivity contribution >= 4 is 40.5 Å². The third kappa shape index (κ3) is 8.68. The van der Waals surface area contributed by atoms with E-state index in [2.05, 4.69) is 73.0 Å². The van der Waals surface area contributed by atoms with Gasteiger partial charge in [0.1, 0.15) is 24.9 Å². The topological polar surface area (TPSA) is 165 Å². The summed E-state index contributed by atoms with van der Waals surface area (Å²) < 4.78 is 20.3. The first kappa shape index (κ1) is 45.7. The number of amides is 4. The molecule has 8 rings (SSSR count). The van der Waals surface area contributed by atoms with Gasteiger partial charge in [0.05, 0.1) is 37.2 Å². The number of nitrogens with one attached hydrogen (secondary N) is 2. The van der Waals surface area contributed by atoms with E-state index in [1.54, 1.807) is 13.3 Å². The Kier molecular flexibility index (Phi) is 12.8. The Balaban J connectivity index is 1.18. The number of ether oxygens (including phenoxy) is 3. The van der Waals surface area contributed by atoms with Crippen LogP contribution in [0.25, 0.3) is 33.3 Å². The fraction of sp³-hybridized carbons (Fsp3) is 0.480. The number of carbonyl (C=O) groups excluding carboxylic acids is 5. The maximum atomic E-state index is 14.7. The second-order valence-corrected chi connectivity index (χ2v) is 19.0. The van der Waals surface area contributed by atoms with Crippen LogP contribution in [0.3, 0.4) is 0 Å². The van der Waals surface area contributed by atoms with E-state index in [4.69, 9.17) is 19.2 Å². The summed E-state index contributed by atoms with van der Waals surface area (Å²) in [7, 11) is 1.69. The number of hydrazine groups is 1. The zero-order valence-electron chi connectivity index (χ0n) is 38.5. The second-order valence-electron chi connectivity index (χ2n) is 19.0. The number of hydrogen-bond acceptors (Lipinski definition) is 10. The highest BCUT2D eigenvalue weighted by Crippen LogP contribution is 2.42. The molecule has 4 aliphatic heterocycles. The van der Waals surface area contributed by atoms with Gasteiger partial charge >= 0.3 is 5.97 Å².